The number of aromatic hydroxyl groups is 1. The molecule has 9 heteroatoms. The van der Waals surface area contributed by atoms with Crippen molar-refractivity contribution >= 4 is 79.8 Å². The number of para-hydroxylation sites is 1. The number of ketones is 1. The molecule has 0 atom stereocenters. The monoisotopic (exact) mass is 448 g/mol. The molecular weight excluding hydrogens is 439 g/mol. The van der Waals surface area contributed by atoms with Crippen LogP contribution in [0.15, 0.2) is 53.6 Å². The molecule has 0 spiro atoms. The summed E-state index contributed by atoms with van der Waals surface area (Å²) < 4.78 is 0.237. The molecule has 0 aliphatic carbocycles. The van der Waals surface area contributed by atoms with Gasteiger partial charge in [-0.2, -0.15) is 0 Å². The molecule has 1 amide bonds. The van der Waals surface area contributed by atoms with Gasteiger partial charge in [-0.25, -0.2) is 0 Å². The molecule has 1 aliphatic heterocycles. The molecule has 2 aromatic carbocycles. The molecule has 0 bridgehead atoms. The van der Waals surface area contributed by atoms with E-state index in [1.165, 1.54) is 23.1 Å². The standard InChI is InChI=1S/C19H10Cl2N2O3S2/c20-12-5-9(6-13(21)17(12)25)23-18(26)16(28-19(23)27)7-15(24)11-8-22-14-4-2-1-3-10(11)14/h1-8,22,25H. The number of carbonyl (C=O) groups is 2. The summed E-state index contributed by atoms with van der Waals surface area (Å²) >= 11 is 18.2. The van der Waals surface area contributed by atoms with Crippen LogP contribution in [-0.4, -0.2) is 26.1 Å². The topological polar surface area (TPSA) is 73.4 Å². The Labute approximate surface area is 178 Å². The summed E-state index contributed by atoms with van der Waals surface area (Å²) in [4.78, 5) is 30.0. The summed E-state index contributed by atoms with van der Waals surface area (Å²) in [6.45, 7) is 0. The van der Waals surface area contributed by atoms with Crippen LogP contribution in [0.25, 0.3) is 10.9 Å². The first kappa shape index (κ1) is 19.0. The lowest BCUT2D eigenvalue weighted by atomic mass is 10.1. The maximum absolute atomic E-state index is 12.8. The lowest BCUT2D eigenvalue weighted by Crippen LogP contribution is -2.27. The predicted molar refractivity (Wildman–Crippen MR) is 117 cm³/mol. The van der Waals surface area contributed by atoms with E-state index in [0.717, 1.165) is 22.7 Å². The molecule has 1 aromatic heterocycles. The molecule has 0 unspecified atom stereocenters. The van der Waals surface area contributed by atoms with Crippen molar-refractivity contribution in [2.45, 2.75) is 0 Å². The van der Waals surface area contributed by atoms with E-state index in [4.69, 9.17) is 35.4 Å². The number of anilines is 1. The Morgan fingerprint density at radius 2 is 1.89 bits per heavy atom. The van der Waals surface area contributed by atoms with Crippen LogP contribution < -0.4 is 4.90 Å². The molecule has 1 fully saturated rings. The number of H-pyrrole nitrogens is 1. The van der Waals surface area contributed by atoms with Gasteiger partial charge in [0.05, 0.1) is 20.6 Å². The zero-order valence-corrected chi connectivity index (χ0v) is 17.0. The number of thioether (sulfide) groups is 1. The third-order valence-electron chi connectivity index (χ3n) is 4.17. The quantitative estimate of drug-likeness (QED) is 0.322. The molecule has 5 nitrogen and oxygen atoms in total. The second kappa shape index (κ2) is 7.25. The number of allylic oxidation sites excluding steroid dienone is 1. The Bertz CT molecular complexity index is 1180. The van der Waals surface area contributed by atoms with E-state index >= 15 is 0 Å². The van der Waals surface area contributed by atoms with Gasteiger partial charge in [0.1, 0.15) is 0 Å². The number of phenolic OH excluding ortho intramolecular Hbond substituents is 1. The average Bonchev–Trinajstić information content (AvgIpc) is 3.20. The zero-order chi connectivity index (χ0) is 20.0. The summed E-state index contributed by atoms with van der Waals surface area (Å²) in [7, 11) is 0. The molecule has 28 heavy (non-hydrogen) atoms. The van der Waals surface area contributed by atoms with E-state index in [0.29, 0.717) is 11.3 Å². The van der Waals surface area contributed by atoms with Crippen LogP contribution in [0.4, 0.5) is 5.69 Å². The van der Waals surface area contributed by atoms with Gasteiger partial charge in [0.25, 0.3) is 5.91 Å². The summed E-state index contributed by atoms with van der Waals surface area (Å²) in [6, 6.07) is 10.2. The van der Waals surface area contributed by atoms with Crippen LogP contribution in [0, 0.1) is 0 Å². The molecule has 3 aromatic rings. The number of thiocarbonyl (C=S) groups is 1. The number of aromatic nitrogens is 1. The Kier molecular flexibility index (Phi) is 4.93. The van der Waals surface area contributed by atoms with Crippen molar-refractivity contribution in [2.75, 3.05) is 4.90 Å². The number of aromatic amines is 1. The van der Waals surface area contributed by atoms with Gasteiger partial charge in [0, 0.05) is 28.7 Å². The molecule has 4 rings (SSSR count). The van der Waals surface area contributed by atoms with Gasteiger partial charge >= 0.3 is 0 Å². The number of halogens is 2. The number of carbonyl (C=O) groups excluding carboxylic acids is 2. The van der Waals surface area contributed by atoms with E-state index < -0.39 is 5.91 Å². The molecule has 1 aliphatic rings. The molecule has 0 saturated carbocycles. The second-order valence-electron chi connectivity index (χ2n) is 5.89. The molecule has 2 heterocycles. The summed E-state index contributed by atoms with van der Waals surface area (Å²) in [5, 5.41) is 10.5. The fourth-order valence-electron chi connectivity index (χ4n) is 2.84. The fraction of sp³-hybridized carbons (Fsp3) is 0. The average molecular weight is 449 g/mol. The van der Waals surface area contributed by atoms with Crippen molar-refractivity contribution < 1.29 is 14.7 Å². The Balaban J connectivity index is 1.68. The molecule has 1 saturated heterocycles. The van der Waals surface area contributed by atoms with Crippen molar-refractivity contribution in [3.05, 3.63) is 69.2 Å². The number of fused-ring (bicyclic) bond motifs is 1. The van der Waals surface area contributed by atoms with Gasteiger partial charge in [0.15, 0.2) is 15.9 Å². The van der Waals surface area contributed by atoms with E-state index in [1.54, 1.807) is 6.20 Å². The van der Waals surface area contributed by atoms with Crippen molar-refractivity contribution in [3.63, 3.8) is 0 Å². The number of benzene rings is 2. The van der Waals surface area contributed by atoms with Gasteiger partial charge in [-0.05, 0) is 18.2 Å². The molecular formula is C19H10Cl2N2O3S2. The number of nitrogens with one attached hydrogen (secondary N) is 1. The highest BCUT2D eigenvalue weighted by Crippen LogP contribution is 2.41. The lowest BCUT2D eigenvalue weighted by molar-refractivity contribution is -0.113. The summed E-state index contributed by atoms with van der Waals surface area (Å²) in [5.74, 6) is -1.04. The first-order valence-electron chi connectivity index (χ1n) is 7.93. The Hall–Kier alpha value is -2.32. The summed E-state index contributed by atoms with van der Waals surface area (Å²) in [6.07, 6.45) is 2.89. The van der Waals surface area contributed by atoms with Crippen LogP contribution in [0.2, 0.25) is 10.0 Å². The smallest absolute Gasteiger partial charge is 0.270 e. The highest BCUT2D eigenvalue weighted by Gasteiger charge is 2.34. The predicted octanol–water partition coefficient (Wildman–Crippen LogP) is 5.31. The van der Waals surface area contributed by atoms with Crippen LogP contribution in [-0.2, 0) is 4.79 Å². The molecule has 0 radical (unpaired) electrons. The van der Waals surface area contributed by atoms with Crippen LogP contribution in [0.5, 0.6) is 5.75 Å². The normalized spacial score (nSPS) is 15.8. The van der Waals surface area contributed by atoms with Gasteiger partial charge in [-0.3, -0.25) is 14.5 Å². The fourth-order valence-corrected chi connectivity index (χ4v) is 4.59. The maximum atomic E-state index is 12.8. The Morgan fingerprint density at radius 1 is 1.21 bits per heavy atom. The number of hydrogen-bond donors (Lipinski definition) is 2. The number of phenols is 1. The van der Waals surface area contributed by atoms with Crippen molar-refractivity contribution in [3.8, 4) is 5.75 Å². The number of nitrogens with zero attached hydrogens (tertiary/aromatic N) is 1. The van der Waals surface area contributed by atoms with E-state index in [9.17, 15) is 14.7 Å². The molecule has 2 N–H and O–H groups in total. The third kappa shape index (κ3) is 3.20. The van der Waals surface area contributed by atoms with E-state index in [1.807, 2.05) is 24.3 Å². The van der Waals surface area contributed by atoms with Crippen LogP contribution in [0.1, 0.15) is 10.4 Å². The van der Waals surface area contributed by atoms with E-state index in [2.05, 4.69) is 4.98 Å². The van der Waals surface area contributed by atoms with Gasteiger partial charge in [-0.15, -0.1) is 0 Å². The highest BCUT2D eigenvalue weighted by atomic mass is 35.5. The second-order valence-corrected chi connectivity index (χ2v) is 8.38. The SMILES string of the molecule is O=C(C=C1SC(=S)N(c2cc(Cl)c(O)c(Cl)c2)C1=O)c1c[nH]c2ccccc12. The minimum atomic E-state index is -0.457. The molecule has 140 valence electrons. The van der Waals surface area contributed by atoms with Crippen LogP contribution >= 0.6 is 47.2 Å². The Morgan fingerprint density at radius 3 is 2.61 bits per heavy atom. The van der Waals surface area contributed by atoms with Crippen LogP contribution in [0.3, 0.4) is 0 Å². The highest BCUT2D eigenvalue weighted by molar-refractivity contribution is 8.27. The van der Waals surface area contributed by atoms with Gasteiger partial charge in [-0.1, -0.05) is 65.4 Å². The first-order chi connectivity index (χ1) is 13.4. The van der Waals surface area contributed by atoms with Gasteiger partial charge in [0.2, 0.25) is 0 Å². The lowest BCUT2D eigenvalue weighted by Gasteiger charge is -2.15. The van der Waals surface area contributed by atoms with Gasteiger partial charge < -0.3 is 10.1 Å². The third-order valence-corrected chi connectivity index (χ3v) is 6.05. The largest absolute Gasteiger partial charge is 0.505 e. The minimum absolute atomic E-state index is 0.00426. The van der Waals surface area contributed by atoms with Crippen molar-refractivity contribution in [2.24, 2.45) is 0 Å². The number of rotatable bonds is 3. The minimum Gasteiger partial charge on any atom is -0.505 e. The number of amides is 1. The first-order valence-corrected chi connectivity index (χ1v) is 9.91. The summed E-state index contributed by atoms with van der Waals surface area (Å²) in [5.41, 5.74) is 1.62. The van der Waals surface area contributed by atoms with E-state index in [-0.39, 0.29) is 30.8 Å². The van der Waals surface area contributed by atoms with Crippen molar-refractivity contribution in [1.29, 1.82) is 0 Å². The zero-order valence-electron chi connectivity index (χ0n) is 13.9. The number of hydrogen-bond acceptors (Lipinski definition) is 5. The van der Waals surface area contributed by atoms with Crippen molar-refractivity contribution in [1.82, 2.24) is 4.98 Å². The maximum Gasteiger partial charge on any atom is 0.270 e.